The minimum atomic E-state index is -3.49. The van der Waals surface area contributed by atoms with Crippen molar-refractivity contribution in [2.45, 2.75) is 11.3 Å². The molecule has 156 valence electrons. The average Bonchev–Trinajstić information content (AvgIpc) is 3.30. The molecule has 0 radical (unpaired) electrons. The van der Waals surface area contributed by atoms with Crippen LogP contribution in [-0.4, -0.2) is 25.1 Å². The largest absolute Gasteiger partial charge is 0.326 e. The van der Waals surface area contributed by atoms with Crippen LogP contribution in [0.25, 0.3) is 21.8 Å². The first-order valence-electron chi connectivity index (χ1n) is 9.70. The zero-order valence-corrected chi connectivity index (χ0v) is 18.2. The first-order chi connectivity index (χ1) is 15.0. The second-order valence-electron chi connectivity index (χ2n) is 6.91. The highest BCUT2D eigenvalue weighted by atomic mass is 32.2. The molecule has 1 aromatic heterocycles. The predicted molar refractivity (Wildman–Crippen MR) is 125 cm³/mol. The molecule has 0 atom stereocenters. The summed E-state index contributed by atoms with van der Waals surface area (Å²) in [5.41, 5.74) is 3.37. The van der Waals surface area contributed by atoms with Gasteiger partial charge >= 0.3 is 0 Å². The van der Waals surface area contributed by atoms with Gasteiger partial charge in [-0.3, -0.25) is 4.79 Å². The molecule has 3 aromatic carbocycles. The summed E-state index contributed by atoms with van der Waals surface area (Å²) in [7, 11) is -3.49. The molecule has 1 heterocycles. The molecule has 0 aliphatic carbocycles. The molecule has 0 bridgehead atoms. The lowest BCUT2D eigenvalue weighted by Gasteiger charge is -2.07. The van der Waals surface area contributed by atoms with Gasteiger partial charge in [-0.05, 0) is 24.3 Å². The standard InChI is InChI=1S/C24H20N2O3S2/c27-23(14-15-31(28,29)21-12-5-2-6-13-21)25-20-11-7-10-19(16-20)22-17-30-24(26-22)18-8-3-1-4-9-18/h1-13,16-17H,14-15H2,(H,25,27). The van der Waals surface area contributed by atoms with Crippen molar-refractivity contribution in [3.05, 3.63) is 90.3 Å². The maximum absolute atomic E-state index is 12.4. The van der Waals surface area contributed by atoms with E-state index in [2.05, 4.69) is 5.32 Å². The lowest BCUT2D eigenvalue weighted by Crippen LogP contribution is -2.17. The summed E-state index contributed by atoms with van der Waals surface area (Å²) in [5.74, 6) is -0.588. The van der Waals surface area contributed by atoms with Crippen LogP contribution in [0.3, 0.4) is 0 Å². The number of hydrogen-bond acceptors (Lipinski definition) is 5. The van der Waals surface area contributed by atoms with Gasteiger partial charge in [0.15, 0.2) is 9.84 Å². The van der Waals surface area contributed by atoms with Crippen molar-refractivity contribution in [1.82, 2.24) is 4.98 Å². The number of sulfone groups is 1. The number of carbonyl (C=O) groups excluding carboxylic acids is 1. The maximum Gasteiger partial charge on any atom is 0.225 e. The maximum atomic E-state index is 12.4. The summed E-state index contributed by atoms with van der Waals surface area (Å²) in [6, 6.07) is 25.5. The Balaban J connectivity index is 1.42. The van der Waals surface area contributed by atoms with Crippen molar-refractivity contribution in [2.75, 3.05) is 11.1 Å². The van der Waals surface area contributed by atoms with Gasteiger partial charge in [-0.1, -0.05) is 60.7 Å². The van der Waals surface area contributed by atoms with Crippen LogP contribution in [0.2, 0.25) is 0 Å². The Bertz CT molecular complexity index is 1280. The summed E-state index contributed by atoms with van der Waals surface area (Å²) in [4.78, 5) is 17.3. The third kappa shape index (κ3) is 5.25. The van der Waals surface area contributed by atoms with Gasteiger partial charge in [0.05, 0.1) is 16.3 Å². The number of aromatic nitrogens is 1. The summed E-state index contributed by atoms with van der Waals surface area (Å²) in [6.07, 6.45) is -0.115. The van der Waals surface area contributed by atoms with E-state index in [4.69, 9.17) is 4.98 Å². The Kier molecular flexibility index (Phi) is 6.25. The van der Waals surface area contributed by atoms with Crippen molar-refractivity contribution < 1.29 is 13.2 Å². The van der Waals surface area contributed by atoms with Gasteiger partial charge in [-0.15, -0.1) is 11.3 Å². The van der Waals surface area contributed by atoms with Crippen LogP contribution in [0.5, 0.6) is 0 Å². The van der Waals surface area contributed by atoms with E-state index in [0.29, 0.717) is 5.69 Å². The van der Waals surface area contributed by atoms with Gasteiger partial charge in [0.25, 0.3) is 0 Å². The second kappa shape index (κ2) is 9.24. The summed E-state index contributed by atoms with van der Waals surface area (Å²) in [6.45, 7) is 0. The van der Waals surface area contributed by atoms with Gasteiger partial charge in [0, 0.05) is 28.6 Å². The lowest BCUT2D eigenvalue weighted by molar-refractivity contribution is -0.115. The smallest absolute Gasteiger partial charge is 0.225 e. The Morgan fingerprint density at radius 1 is 0.871 bits per heavy atom. The van der Waals surface area contributed by atoms with Gasteiger partial charge in [-0.25, -0.2) is 13.4 Å². The van der Waals surface area contributed by atoms with Crippen molar-refractivity contribution in [3.8, 4) is 21.8 Å². The first kappa shape index (κ1) is 21.0. The first-order valence-corrected chi connectivity index (χ1v) is 12.2. The number of rotatable bonds is 7. The van der Waals surface area contributed by atoms with E-state index >= 15 is 0 Å². The van der Waals surface area contributed by atoms with Crippen LogP contribution >= 0.6 is 11.3 Å². The second-order valence-corrected chi connectivity index (χ2v) is 9.88. The number of anilines is 1. The van der Waals surface area contributed by atoms with E-state index in [1.165, 1.54) is 12.1 Å². The predicted octanol–water partition coefficient (Wildman–Crippen LogP) is 5.28. The number of amides is 1. The highest BCUT2D eigenvalue weighted by Crippen LogP contribution is 2.29. The quantitative estimate of drug-likeness (QED) is 0.417. The number of nitrogens with zero attached hydrogens (tertiary/aromatic N) is 1. The third-order valence-corrected chi connectivity index (χ3v) is 7.29. The van der Waals surface area contributed by atoms with Gasteiger partial charge in [0.2, 0.25) is 5.91 Å². The molecule has 1 amide bonds. The highest BCUT2D eigenvalue weighted by Gasteiger charge is 2.16. The molecule has 5 nitrogen and oxygen atoms in total. The summed E-state index contributed by atoms with van der Waals surface area (Å²) >= 11 is 1.56. The molecule has 0 aliphatic heterocycles. The van der Waals surface area contributed by atoms with E-state index in [0.717, 1.165) is 21.8 Å². The zero-order valence-electron chi connectivity index (χ0n) is 16.6. The molecular formula is C24H20N2O3S2. The minimum Gasteiger partial charge on any atom is -0.326 e. The number of thiazole rings is 1. The van der Waals surface area contributed by atoms with Gasteiger partial charge < -0.3 is 5.32 Å². The molecule has 4 rings (SSSR count). The zero-order chi connectivity index (χ0) is 21.7. The lowest BCUT2D eigenvalue weighted by atomic mass is 10.1. The van der Waals surface area contributed by atoms with Crippen LogP contribution in [0.15, 0.2) is 95.2 Å². The topological polar surface area (TPSA) is 76.1 Å². The number of benzene rings is 3. The van der Waals surface area contributed by atoms with Crippen molar-refractivity contribution in [2.24, 2.45) is 0 Å². The normalized spacial score (nSPS) is 11.2. The molecule has 31 heavy (non-hydrogen) atoms. The average molecular weight is 449 g/mol. The van der Waals surface area contributed by atoms with E-state index in [1.807, 2.05) is 53.9 Å². The van der Waals surface area contributed by atoms with Gasteiger partial charge in [-0.2, -0.15) is 0 Å². The fraction of sp³-hybridized carbons (Fsp3) is 0.0833. The number of carbonyl (C=O) groups is 1. The Morgan fingerprint density at radius 2 is 1.55 bits per heavy atom. The molecule has 4 aromatic rings. The van der Waals surface area contributed by atoms with Crippen LogP contribution in [-0.2, 0) is 14.6 Å². The number of nitrogens with one attached hydrogen (secondary N) is 1. The van der Waals surface area contributed by atoms with Crippen LogP contribution in [0.1, 0.15) is 6.42 Å². The molecule has 0 saturated heterocycles. The minimum absolute atomic E-state index is 0.115. The molecule has 0 aliphatic rings. The Labute approximate surface area is 185 Å². The molecular weight excluding hydrogens is 428 g/mol. The molecule has 1 N–H and O–H groups in total. The molecule has 0 fully saturated rings. The Morgan fingerprint density at radius 3 is 2.29 bits per heavy atom. The van der Waals surface area contributed by atoms with E-state index < -0.39 is 9.84 Å². The highest BCUT2D eigenvalue weighted by molar-refractivity contribution is 7.91. The van der Waals surface area contributed by atoms with E-state index in [-0.39, 0.29) is 23.0 Å². The fourth-order valence-electron chi connectivity index (χ4n) is 3.07. The van der Waals surface area contributed by atoms with Crippen LogP contribution in [0, 0.1) is 0 Å². The number of hydrogen-bond donors (Lipinski definition) is 1. The SMILES string of the molecule is O=C(CCS(=O)(=O)c1ccccc1)Nc1cccc(-c2csc(-c3ccccc3)n2)c1. The Hall–Kier alpha value is -3.29. The third-order valence-electron chi connectivity index (χ3n) is 4.67. The summed E-state index contributed by atoms with van der Waals surface area (Å²) in [5, 5.41) is 5.70. The van der Waals surface area contributed by atoms with Crippen molar-refractivity contribution in [3.63, 3.8) is 0 Å². The summed E-state index contributed by atoms with van der Waals surface area (Å²) < 4.78 is 24.7. The van der Waals surface area contributed by atoms with Crippen LogP contribution < -0.4 is 5.32 Å². The monoisotopic (exact) mass is 448 g/mol. The molecule has 7 heteroatoms. The fourth-order valence-corrected chi connectivity index (χ4v) is 5.17. The van der Waals surface area contributed by atoms with E-state index in [1.54, 1.807) is 35.6 Å². The van der Waals surface area contributed by atoms with Gasteiger partial charge in [0.1, 0.15) is 5.01 Å². The molecule has 0 saturated carbocycles. The molecule has 0 unspecified atom stereocenters. The van der Waals surface area contributed by atoms with Crippen LogP contribution in [0.4, 0.5) is 5.69 Å². The van der Waals surface area contributed by atoms with Crippen molar-refractivity contribution >= 4 is 32.8 Å². The molecule has 0 spiro atoms. The van der Waals surface area contributed by atoms with E-state index in [9.17, 15) is 13.2 Å². The van der Waals surface area contributed by atoms with Crippen molar-refractivity contribution in [1.29, 1.82) is 0 Å².